The van der Waals surface area contributed by atoms with Crippen molar-refractivity contribution in [2.24, 2.45) is 5.73 Å². The Morgan fingerprint density at radius 2 is 1.96 bits per heavy atom. The number of H-pyrrole nitrogens is 1. The van der Waals surface area contributed by atoms with Crippen LogP contribution in [0.5, 0.6) is 5.75 Å². The fraction of sp³-hybridized carbons (Fsp3) is 0.105. The molecule has 4 N–H and O–H groups in total. The van der Waals surface area contributed by atoms with Crippen LogP contribution in [0.2, 0.25) is 10.0 Å². The number of nitrogens with one attached hydrogen (secondary N) is 1. The third kappa shape index (κ3) is 2.68. The van der Waals surface area contributed by atoms with Crippen LogP contribution < -0.4 is 11.3 Å². The second-order valence-corrected chi connectivity index (χ2v) is 7.70. The summed E-state index contributed by atoms with van der Waals surface area (Å²) in [6.07, 6.45) is 0.675. The second kappa shape index (κ2) is 6.59. The number of benzene rings is 2. The van der Waals surface area contributed by atoms with Crippen LogP contribution in [0, 0.1) is 0 Å². The largest absolute Gasteiger partial charge is 0.507 e. The third-order valence-electron chi connectivity index (χ3n) is 4.39. The molecule has 2 aromatic carbocycles. The zero-order valence-corrected chi connectivity index (χ0v) is 15.8. The number of aromatic hydroxyl groups is 1. The van der Waals surface area contributed by atoms with Gasteiger partial charge in [0, 0.05) is 27.4 Å². The smallest absolute Gasteiger partial charge is 0.266 e. The molecule has 0 amide bonds. The molecule has 0 spiro atoms. The number of rotatable bonds is 3. The number of halogens is 2. The van der Waals surface area contributed by atoms with Gasteiger partial charge in [0.15, 0.2) is 0 Å². The van der Waals surface area contributed by atoms with E-state index in [0.717, 1.165) is 16.5 Å². The van der Waals surface area contributed by atoms with E-state index in [-0.39, 0.29) is 16.3 Å². The molecule has 0 saturated carbocycles. The lowest BCUT2D eigenvalue weighted by molar-refractivity contribution is 0.478. The molecule has 0 saturated heterocycles. The van der Waals surface area contributed by atoms with Gasteiger partial charge in [0.1, 0.15) is 10.4 Å². The molecule has 0 aliphatic rings. The third-order valence-corrected chi connectivity index (χ3v) is 5.96. The van der Waals surface area contributed by atoms with Crippen molar-refractivity contribution in [3.05, 3.63) is 61.7 Å². The van der Waals surface area contributed by atoms with E-state index in [1.807, 2.05) is 23.6 Å². The number of phenolic OH excluding ortho intramolecular Hbond substituents is 1. The number of nitrogens with two attached hydrogens (primary N) is 1. The Labute approximate surface area is 162 Å². The lowest BCUT2D eigenvalue weighted by atomic mass is 9.96. The molecule has 0 radical (unpaired) electrons. The molecule has 26 heavy (non-hydrogen) atoms. The van der Waals surface area contributed by atoms with Crippen LogP contribution in [-0.4, -0.2) is 16.6 Å². The monoisotopic (exact) mass is 404 g/mol. The van der Waals surface area contributed by atoms with Gasteiger partial charge in [-0.1, -0.05) is 35.3 Å². The van der Waals surface area contributed by atoms with Crippen LogP contribution in [-0.2, 0) is 6.42 Å². The van der Waals surface area contributed by atoms with E-state index in [4.69, 9.17) is 28.9 Å². The fourth-order valence-corrected chi connectivity index (χ4v) is 4.55. The molecular formula is C19H14Cl2N2O2S. The highest BCUT2D eigenvalue weighted by molar-refractivity contribution is 7.17. The van der Waals surface area contributed by atoms with E-state index in [9.17, 15) is 9.90 Å². The predicted molar refractivity (Wildman–Crippen MR) is 110 cm³/mol. The van der Waals surface area contributed by atoms with E-state index in [2.05, 4.69) is 4.98 Å². The first-order valence-corrected chi connectivity index (χ1v) is 9.58. The van der Waals surface area contributed by atoms with E-state index in [1.54, 1.807) is 6.07 Å². The standard InChI is InChI=1S/C19H14Cl2N2O2S/c20-12-7-10(2-1-9(12)3-5-22)15-14(24)8-13(21)17-16(15)11-4-6-26-18(11)19(25)23-17/h1-2,4,6-8,24H,3,5,22H2,(H,23,25). The molecule has 0 aliphatic heterocycles. The van der Waals surface area contributed by atoms with E-state index < -0.39 is 0 Å². The van der Waals surface area contributed by atoms with E-state index >= 15 is 0 Å². The molecule has 2 heterocycles. The highest BCUT2D eigenvalue weighted by Gasteiger charge is 2.18. The molecule has 0 atom stereocenters. The summed E-state index contributed by atoms with van der Waals surface area (Å²) in [5.74, 6) is 0.0321. The summed E-state index contributed by atoms with van der Waals surface area (Å²) in [6, 6.07) is 8.90. The average Bonchev–Trinajstić information content (AvgIpc) is 3.09. The first-order chi connectivity index (χ1) is 12.5. The molecule has 4 rings (SSSR count). The maximum absolute atomic E-state index is 12.3. The van der Waals surface area contributed by atoms with Crippen LogP contribution in [0.4, 0.5) is 0 Å². The minimum Gasteiger partial charge on any atom is -0.507 e. The first-order valence-electron chi connectivity index (χ1n) is 7.94. The van der Waals surface area contributed by atoms with Crippen molar-refractivity contribution < 1.29 is 5.11 Å². The lowest BCUT2D eigenvalue weighted by Gasteiger charge is -2.13. The molecule has 0 bridgehead atoms. The molecule has 0 aliphatic carbocycles. The maximum Gasteiger partial charge on any atom is 0.266 e. The van der Waals surface area contributed by atoms with Crippen LogP contribution in [0.25, 0.3) is 32.1 Å². The quantitative estimate of drug-likeness (QED) is 0.453. The van der Waals surface area contributed by atoms with Crippen LogP contribution in [0.15, 0.2) is 40.5 Å². The summed E-state index contributed by atoms with van der Waals surface area (Å²) in [5.41, 5.74) is 8.20. The van der Waals surface area contributed by atoms with Crippen molar-refractivity contribution in [2.45, 2.75) is 6.42 Å². The Hall–Kier alpha value is -2.05. The van der Waals surface area contributed by atoms with Crippen molar-refractivity contribution >= 4 is 55.5 Å². The predicted octanol–water partition coefficient (Wildman–Crippen LogP) is 4.92. The number of aromatic amines is 1. The Kier molecular flexibility index (Phi) is 4.40. The van der Waals surface area contributed by atoms with Gasteiger partial charge in [-0.15, -0.1) is 11.3 Å². The summed E-state index contributed by atoms with van der Waals surface area (Å²) in [4.78, 5) is 15.1. The van der Waals surface area contributed by atoms with E-state index in [1.165, 1.54) is 17.4 Å². The second-order valence-electron chi connectivity index (χ2n) is 5.96. The summed E-state index contributed by atoms with van der Waals surface area (Å²) in [6.45, 7) is 0.505. The van der Waals surface area contributed by atoms with Crippen LogP contribution in [0.3, 0.4) is 0 Å². The van der Waals surface area contributed by atoms with Crippen LogP contribution in [0.1, 0.15) is 5.56 Å². The molecule has 4 nitrogen and oxygen atoms in total. The topological polar surface area (TPSA) is 79.1 Å². The number of hydrogen-bond acceptors (Lipinski definition) is 4. The van der Waals surface area contributed by atoms with Gasteiger partial charge in [-0.25, -0.2) is 0 Å². The summed E-state index contributed by atoms with van der Waals surface area (Å²) in [7, 11) is 0. The minimum absolute atomic E-state index is 0.0321. The van der Waals surface area contributed by atoms with Gasteiger partial charge in [-0.05, 0) is 41.6 Å². The fourth-order valence-electron chi connectivity index (χ4n) is 3.23. The number of hydrogen-bond donors (Lipinski definition) is 3. The zero-order chi connectivity index (χ0) is 18.4. The van der Waals surface area contributed by atoms with Gasteiger partial charge in [0.2, 0.25) is 0 Å². The number of aromatic nitrogens is 1. The highest BCUT2D eigenvalue weighted by atomic mass is 35.5. The number of fused-ring (bicyclic) bond motifs is 3. The van der Waals surface area contributed by atoms with Crippen molar-refractivity contribution in [2.75, 3.05) is 6.54 Å². The van der Waals surface area contributed by atoms with Gasteiger partial charge in [-0.2, -0.15) is 0 Å². The number of pyridine rings is 1. The summed E-state index contributed by atoms with van der Waals surface area (Å²) < 4.78 is 0.589. The molecule has 7 heteroatoms. The molecule has 132 valence electrons. The summed E-state index contributed by atoms with van der Waals surface area (Å²) >= 11 is 14.0. The number of phenols is 1. The van der Waals surface area contributed by atoms with Crippen molar-refractivity contribution in [3.63, 3.8) is 0 Å². The Morgan fingerprint density at radius 1 is 1.15 bits per heavy atom. The average molecular weight is 405 g/mol. The van der Waals surface area contributed by atoms with Gasteiger partial charge in [0.25, 0.3) is 5.56 Å². The SMILES string of the molecule is NCCc1ccc(-c2c(O)cc(Cl)c3[nH]c(=O)c4sccc4c23)cc1Cl. The Morgan fingerprint density at radius 3 is 2.69 bits per heavy atom. The highest BCUT2D eigenvalue weighted by Crippen LogP contribution is 2.43. The van der Waals surface area contributed by atoms with Gasteiger partial charge < -0.3 is 15.8 Å². The molecule has 4 aromatic rings. The molecule has 0 fully saturated rings. The zero-order valence-electron chi connectivity index (χ0n) is 13.5. The summed E-state index contributed by atoms with van der Waals surface area (Å²) in [5, 5.41) is 14.8. The van der Waals surface area contributed by atoms with Gasteiger partial charge in [-0.3, -0.25) is 4.79 Å². The van der Waals surface area contributed by atoms with Crippen molar-refractivity contribution in [3.8, 4) is 16.9 Å². The van der Waals surface area contributed by atoms with Crippen molar-refractivity contribution in [1.82, 2.24) is 4.98 Å². The van der Waals surface area contributed by atoms with Crippen molar-refractivity contribution in [1.29, 1.82) is 0 Å². The normalized spacial score (nSPS) is 11.5. The van der Waals surface area contributed by atoms with Gasteiger partial charge >= 0.3 is 0 Å². The minimum atomic E-state index is -0.197. The molecule has 0 unspecified atom stereocenters. The number of thiophene rings is 1. The first kappa shape index (κ1) is 17.4. The molecular weight excluding hydrogens is 391 g/mol. The molecule has 2 aromatic heterocycles. The Balaban J connectivity index is 2.11. The Bertz CT molecular complexity index is 1210. The van der Waals surface area contributed by atoms with E-state index in [0.29, 0.717) is 39.2 Å². The lowest BCUT2D eigenvalue weighted by Crippen LogP contribution is -2.05. The van der Waals surface area contributed by atoms with Gasteiger partial charge in [0.05, 0.1) is 10.5 Å². The maximum atomic E-state index is 12.3. The van der Waals surface area contributed by atoms with Crippen LogP contribution >= 0.6 is 34.5 Å².